The number of ether oxygens (including phenoxy) is 3. The van der Waals surface area contributed by atoms with E-state index >= 15 is 0 Å². The number of para-hydroxylation sites is 2. The van der Waals surface area contributed by atoms with Crippen LogP contribution in [0.2, 0.25) is 0 Å². The third-order valence-corrected chi connectivity index (χ3v) is 4.44. The summed E-state index contributed by atoms with van der Waals surface area (Å²) in [6.07, 6.45) is 0.0564. The number of nitrogens with one attached hydrogen (secondary N) is 1. The number of ketones is 1. The Kier molecular flexibility index (Phi) is 4.50. The number of aryl methyl sites for hydroxylation is 1. The highest BCUT2D eigenvalue weighted by atomic mass is 16.6. The molecule has 2 aromatic carbocycles. The molecule has 27 heavy (non-hydrogen) atoms. The Morgan fingerprint density at radius 3 is 2.78 bits per heavy atom. The van der Waals surface area contributed by atoms with Gasteiger partial charge in [0.1, 0.15) is 6.61 Å². The zero-order valence-corrected chi connectivity index (χ0v) is 14.4. The molecule has 0 bridgehead atoms. The van der Waals surface area contributed by atoms with Crippen molar-refractivity contribution in [2.75, 3.05) is 18.5 Å². The predicted octanol–water partition coefficient (Wildman–Crippen LogP) is 2.14. The van der Waals surface area contributed by atoms with Crippen LogP contribution in [0.3, 0.4) is 0 Å². The van der Waals surface area contributed by atoms with E-state index in [1.165, 1.54) is 0 Å². The van der Waals surface area contributed by atoms with Crippen LogP contribution in [0.25, 0.3) is 0 Å². The molecule has 1 amide bonds. The molecular formula is C20H17NO6. The number of hydrogen-bond donors (Lipinski definition) is 1. The van der Waals surface area contributed by atoms with E-state index < -0.39 is 12.1 Å². The number of hydrogen-bond acceptors (Lipinski definition) is 6. The van der Waals surface area contributed by atoms with Gasteiger partial charge in [-0.3, -0.25) is 9.59 Å². The fourth-order valence-electron chi connectivity index (χ4n) is 3.01. The minimum atomic E-state index is -0.911. The Morgan fingerprint density at radius 1 is 1.11 bits per heavy atom. The predicted molar refractivity (Wildman–Crippen MR) is 95.0 cm³/mol. The molecule has 2 aromatic rings. The van der Waals surface area contributed by atoms with Crippen LogP contribution in [0.5, 0.6) is 11.5 Å². The molecule has 1 N–H and O–H groups in total. The molecule has 0 aliphatic carbocycles. The molecule has 0 spiro atoms. The van der Waals surface area contributed by atoms with Crippen LogP contribution in [0.1, 0.15) is 22.3 Å². The highest BCUT2D eigenvalue weighted by Gasteiger charge is 2.29. The molecule has 0 fully saturated rings. The molecule has 7 heteroatoms. The average molecular weight is 367 g/mol. The van der Waals surface area contributed by atoms with E-state index in [-0.39, 0.29) is 24.9 Å². The van der Waals surface area contributed by atoms with Gasteiger partial charge in [-0.1, -0.05) is 12.1 Å². The van der Waals surface area contributed by atoms with Crippen molar-refractivity contribution in [1.82, 2.24) is 0 Å². The first-order valence-electron chi connectivity index (χ1n) is 8.61. The SMILES string of the molecule is O=C1CCc2cc(C(=O)COC(=O)C3COc4ccccc4O3)ccc2N1. The first-order valence-corrected chi connectivity index (χ1v) is 8.61. The van der Waals surface area contributed by atoms with Crippen molar-refractivity contribution in [3.8, 4) is 11.5 Å². The van der Waals surface area contributed by atoms with Gasteiger partial charge in [0, 0.05) is 17.7 Å². The summed E-state index contributed by atoms with van der Waals surface area (Å²) < 4.78 is 16.2. The molecule has 2 aliphatic rings. The first-order chi connectivity index (χ1) is 13.1. The monoisotopic (exact) mass is 367 g/mol. The maximum atomic E-state index is 12.3. The Balaban J connectivity index is 1.35. The summed E-state index contributed by atoms with van der Waals surface area (Å²) in [5.41, 5.74) is 2.04. The molecule has 0 radical (unpaired) electrons. The Labute approximate surface area is 155 Å². The summed E-state index contributed by atoms with van der Waals surface area (Å²) in [6, 6.07) is 12.1. The van der Waals surface area contributed by atoms with Gasteiger partial charge < -0.3 is 19.5 Å². The fraction of sp³-hybridized carbons (Fsp3) is 0.250. The second kappa shape index (κ2) is 7.11. The molecular weight excluding hydrogens is 350 g/mol. The normalized spacial score (nSPS) is 17.5. The second-order valence-electron chi connectivity index (χ2n) is 6.32. The first kappa shape index (κ1) is 17.1. The van der Waals surface area contributed by atoms with Crippen molar-refractivity contribution in [3.63, 3.8) is 0 Å². The van der Waals surface area contributed by atoms with E-state index in [4.69, 9.17) is 14.2 Å². The number of rotatable bonds is 4. The van der Waals surface area contributed by atoms with Gasteiger partial charge >= 0.3 is 5.97 Å². The van der Waals surface area contributed by atoms with E-state index in [0.717, 1.165) is 5.56 Å². The van der Waals surface area contributed by atoms with Crippen LogP contribution >= 0.6 is 0 Å². The number of carbonyl (C=O) groups excluding carboxylic acids is 3. The largest absolute Gasteiger partial charge is 0.485 e. The van der Waals surface area contributed by atoms with Gasteiger partial charge in [0.25, 0.3) is 0 Å². The summed E-state index contributed by atoms with van der Waals surface area (Å²) in [7, 11) is 0. The zero-order chi connectivity index (χ0) is 18.8. The molecule has 1 unspecified atom stereocenters. The Hall–Kier alpha value is -3.35. The van der Waals surface area contributed by atoms with E-state index in [2.05, 4.69) is 5.32 Å². The minimum absolute atomic E-state index is 0.0303. The maximum Gasteiger partial charge on any atom is 0.351 e. The van der Waals surface area contributed by atoms with Crippen LogP contribution in [-0.4, -0.2) is 37.0 Å². The zero-order valence-electron chi connectivity index (χ0n) is 14.4. The summed E-state index contributed by atoms with van der Waals surface area (Å²) in [6.45, 7) is -0.353. The van der Waals surface area contributed by atoms with E-state index in [1.807, 2.05) is 6.07 Å². The smallest absolute Gasteiger partial charge is 0.351 e. The lowest BCUT2D eigenvalue weighted by Gasteiger charge is -2.24. The van der Waals surface area contributed by atoms with Crippen LogP contribution in [0, 0.1) is 0 Å². The lowest BCUT2D eigenvalue weighted by atomic mass is 9.99. The average Bonchev–Trinajstić information content (AvgIpc) is 2.71. The van der Waals surface area contributed by atoms with Crippen LogP contribution in [0.4, 0.5) is 5.69 Å². The summed E-state index contributed by atoms with van der Waals surface area (Å²) in [5, 5.41) is 2.76. The minimum Gasteiger partial charge on any atom is -0.485 e. The van der Waals surface area contributed by atoms with Crippen molar-refractivity contribution in [2.24, 2.45) is 0 Å². The van der Waals surface area contributed by atoms with Gasteiger partial charge in [0.15, 0.2) is 23.9 Å². The number of esters is 1. The van der Waals surface area contributed by atoms with Gasteiger partial charge in [0.05, 0.1) is 0 Å². The fourth-order valence-corrected chi connectivity index (χ4v) is 3.01. The van der Waals surface area contributed by atoms with Crippen LogP contribution in [-0.2, 0) is 20.7 Å². The third-order valence-electron chi connectivity index (χ3n) is 4.44. The van der Waals surface area contributed by atoms with Crippen LogP contribution < -0.4 is 14.8 Å². The number of anilines is 1. The van der Waals surface area contributed by atoms with Gasteiger partial charge in [-0.15, -0.1) is 0 Å². The van der Waals surface area contributed by atoms with Crippen molar-refractivity contribution in [1.29, 1.82) is 0 Å². The lowest BCUT2D eigenvalue weighted by molar-refractivity contribution is -0.153. The van der Waals surface area contributed by atoms with Crippen LogP contribution in [0.15, 0.2) is 42.5 Å². The van der Waals surface area contributed by atoms with Gasteiger partial charge in [-0.2, -0.15) is 0 Å². The molecule has 0 saturated carbocycles. The molecule has 7 nitrogen and oxygen atoms in total. The van der Waals surface area contributed by atoms with Gasteiger partial charge in [-0.05, 0) is 42.3 Å². The molecule has 0 aromatic heterocycles. The molecule has 1 atom stereocenters. The van der Waals surface area contributed by atoms with Gasteiger partial charge in [-0.25, -0.2) is 4.79 Å². The molecule has 138 valence electrons. The molecule has 2 aliphatic heterocycles. The highest BCUT2D eigenvalue weighted by molar-refractivity contribution is 6.00. The van der Waals surface area contributed by atoms with E-state index in [0.29, 0.717) is 35.6 Å². The van der Waals surface area contributed by atoms with Crippen molar-refractivity contribution in [3.05, 3.63) is 53.6 Å². The van der Waals surface area contributed by atoms with Gasteiger partial charge in [0.2, 0.25) is 12.0 Å². The Bertz CT molecular complexity index is 922. The van der Waals surface area contributed by atoms with Crippen molar-refractivity contribution >= 4 is 23.3 Å². The summed E-state index contributed by atoms with van der Waals surface area (Å²) >= 11 is 0. The molecule has 0 saturated heterocycles. The number of carbonyl (C=O) groups is 3. The third kappa shape index (κ3) is 3.62. The van der Waals surface area contributed by atoms with Crippen molar-refractivity contribution in [2.45, 2.75) is 18.9 Å². The van der Waals surface area contributed by atoms with E-state index in [1.54, 1.807) is 36.4 Å². The summed E-state index contributed by atoms with van der Waals surface area (Å²) in [5.74, 6) is 0.0302. The topological polar surface area (TPSA) is 90.9 Å². The standard InChI is InChI=1S/C20H17NO6/c22-15(13-5-7-14-12(9-13)6-8-19(23)21-14)10-26-20(24)18-11-25-16-3-1-2-4-17(16)27-18/h1-5,7,9,18H,6,8,10-11H2,(H,21,23). The molecule has 2 heterocycles. The second-order valence-corrected chi connectivity index (χ2v) is 6.32. The quantitative estimate of drug-likeness (QED) is 0.658. The Morgan fingerprint density at radius 2 is 1.93 bits per heavy atom. The lowest BCUT2D eigenvalue weighted by Crippen LogP contribution is -2.38. The number of benzene rings is 2. The van der Waals surface area contributed by atoms with Crippen molar-refractivity contribution < 1.29 is 28.6 Å². The highest BCUT2D eigenvalue weighted by Crippen LogP contribution is 2.31. The summed E-state index contributed by atoms with van der Waals surface area (Å²) in [4.78, 5) is 35.9. The number of Topliss-reactive ketones (excluding diaryl/α,β-unsaturated/α-hetero) is 1. The number of fused-ring (bicyclic) bond motifs is 2. The molecule has 4 rings (SSSR count). The number of amides is 1. The maximum absolute atomic E-state index is 12.3. The van der Waals surface area contributed by atoms with E-state index in [9.17, 15) is 14.4 Å².